The standard InChI is InChI=1S/C9H14N6O.CH3Cl/c1-6(10)9-11-5-12-15(9)7-3-4-8(16)14(2)13-7;1-2/h5-6H,3-4,10H2,1-2H3;1H3/p+1. The van der Waals surface area contributed by atoms with E-state index in [-0.39, 0.29) is 11.9 Å². The second-order valence-corrected chi connectivity index (χ2v) is 3.86. The van der Waals surface area contributed by atoms with Crippen LogP contribution in [0.4, 0.5) is 0 Å². The van der Waals surface area contributed by atoms with Gasteiger partial charge in [-0.3, -0.25) is 4.79 Å². The van der Waals surface area contributed by atoms with Crippen LogP contribution in [0.2, 0.25) is 0 Å². The molecule has 1 aliphatic rings. The van der Waals surface area contributed by atoms with E-state index in [1.807, 2.05) is 6.92 Å². The van der Waals surface area contributed by atoms with Crippen LogP contribution >= 0.6 is 11.6 Å². The van der Waals surface area contributed by atoms with E-state index in [2.05, 4.69) is 32.5 Å². The molecular weight excluding hydrogens is 256 g/mol. The second-order valence-electron chi connectivity index (χ2n) is 3.86. The first-order valence-electron chi connectivity index (χ1n) is 5.55. The van der Waals surface area contributed by atoms with Gasteiger partial charge in [-0.15, -0.1) is 11.6 Å². The lowest BCUT2D eigenvalue weighted by molar-refractivity contribution is -0.422. The molecule has 0 radical (unpaired) electrons. The number of quaternary nitrogens is 1. The first kappa shape index (κ1) is 14.6. The summed E-state index contributed by atoms with van der Waals surface area (Å²) in [6.07, 6.45) is 4.00. The van der Waals surface area contributed by atoms with Gasteiger partial charge < -0.3 is 5.73 Å². The maximum Gasteiger partial charge on any atom is 0.242 e. The summed E-state index contributed by atoms with van der Waals surface area (Å²) in [6, 6.07) is 0.0353. The van der Waals surface area contributed by atoms with Gasteiger partial charge in [-0.2, -0.15) is 14.9 Å². The van der Waals surface area contributed by atoms with Gasteiger partial charge in [-0.25, -0.2) is 9.99 Å². The SMILES string of the molecule is CC([NH3+])c1ncnn1C1=NN(C)C(=O)CC1.CCl. The Hall–Kier alpha value is -1.47. The summed E-state index contributed by atoms with van der Waals surface area (Å²) in [5.74, 6) is 1.53. The highest BCUT2D eigenvalue weighted by atomic mass is 35.5. The summed E-state index contributed by atoms with van der Waals surface area (Å²) in [5.41, 5.74) is 3.91. The molecule has 1 atom stereocenters. The van der Waals surface area contributed by atoms with E-state index in [0.717, 1.165) is 11.7 Å². The molecule has 0 aromatic carbocycles. The minimum Gasteiger partial charge on any atom is -0.349 e. The van der Waals surface area contributed by atoms with Crippen LogP contribution in [0.1, 0.15) is 31.6 Å². The molecule has 0 spiro atoms. The fraction of sp³-hybridized carbons (Fsp3) is 0.600. The molecule has 0 saturated heterocycles. The van der Waals surface area contributed by atoms with Gasteiger partial charge in [0.25, 0.3) is 0 Å². The quantitative estimate of drug-likeness (QED) is 0.722. The lowest BCUT2D eigenvalue weighted by Gasteiger charge is -2.19. The largest absolute Gasteiger partial charge is 0.349 e. The minimum atomic E-state index is 0.0214. The number of amides is 1. The molecule has 7 nitrogen and oxygen atoms in total. The van der Waals surface area contributed by atoms with Crippen LogP contribution in [0.3, 0.4) is 0 Å². The average molecular weight is 274 g/mol. The topological polar surface area (TPSA) is 91.0 Å². The highest BCUT2D eigenvalue weighted by Crippen LogP contribution is 2.11. The fourth-order valence-electron chi connectivity index (χ4n) is 1.59. The lowest BCUT2D eigenvalue weighted by atomic mass is 10.2. The lowest BCUT2D eigenvalue weighted by Crippen LogP contribution is -2.53. The van der Waals surface area contributed by atoms with Gasteiger partial charge in [0.1, 0.15) is 12.4 Å². The molecule has 1 unspecified atom stereocenters. The van der Waals surface area contributed by atoms with Crippen LogP contribution in [0.15, 0.2) is 11.4 Å². The minimum absolute atomic E-state index is 0.0214. The van der Waals surface area contributed by atoms with Crippen molar-refractivity contribution in [2.45, 2.75) is 25.8 Å². The van der Waals surface area contributed by atoms with Crippen molar-refractivity contribution in [3.05, 3.63) is 12.2 Å². The molecule has 2 rings (SSSR count). The Morgan fingerprint density at radius 3 is 2.67 bits per heavy atom. The van der Waals surface area contributed by atoms with Crippen molar-refractivity contribution in [1.29, 1.82) is 0 Å². The molecule has 8 heteroatoms. The molecule has 1 aromatic rings. The van der Waals surface area contributed by atoms with E-state index < -0.39 is 0 Å². The zero-order chi connectivity index (χ0) is 13.7. The maximum atomic E-state index is 11.3. The smallest absolute Gasteiger partial charge is 0.242 e. The Morgan fingerprint density at radius 1 is 1.44 bits per heavy atom. The van der Waals surface area contributed by atoms with Gasteiger partial charge in [-0.1, -0.05) is 0 Å². The molecule has 0 aliphatic carbocycles. The first-order valence-corrected chi connectivity index (χ1v) is 6.30. The molecule has 2 heterocycles. The van der Waals surface area contributed by atoms with Crippen LogP contribution in [0.25, 0.3) is 0 Å². The zero-order valence-electron chi connectivity index (χ0n) is 10.8. The third kappa shape index (κ3) is 3.05. The summed E-state index contributed by atoms with van der Waals surface area (Å²) in [5, 5.41) is 9.64. The number of nitrogens with zero attached hydrogens (tertiary/aromatic N) is 5. The number of aromatic nitrogens is 3. The van der Waals surface area contributed by atoms with Crippen LogP contribution in [-0.4, -0.2) is 44.9 Å². The van der Waals surface area contributed by atoms with Gasteiger partial charge in [-0.05, 0) is 6.92 Å². The maximum absolute atomic E-state index is 11.3. The Bertz CT molecular complexity index is 441. The van der Waals surface area contributed by atoms with Crippen molar-refractivity contribution in [2.75, 3.05) is 13.4 Å². The van der Waals surface area contributed by atoms with Crippen molar-refractivity contribution in [3.63, 3.8) is 0 Å². The molecule has 1 amide bonds. The van der Waals surface area contributed by atoms with Crippen molar-refractivity contribution in [1.82, 2.24) is 19.8 Å². The molecular formula is C10H18ClN6O+. The summed E-state index contributed by atoms with van der Waals surface area (Å²) in [4.78, 5) is 15.4. The highest BCUT2D eigenvalue weighted by molar-refractivity contribution is 6.15. The monoisotopic (exact) mass is 273 g/mol. The molecule has 18 heavy (non-hydrogen) atoms. The van der Waals surface area contributed by atoms with E-state index in [9.17, 15) is 4.79 Å². The van der Waals surface area contributed by atoms with Gasteiger partial charge in [0, 0.05) is 26.3 Å². The zero-order valence-corrected chi connectivity index (χ0v) is 11.6. The molecule has 0 fully saturated rings. The molecule has 1 aromatic heterocycles. The number of rotatable bonds is 1. The van der Waals surface area contributed by atoms with E-state index in [4.69, 9.17) is 0 Å². The Kier molecular flexibility index (Phi) is 5.24. The van der Waals surface area contributed by atoms with Crippen LogP contribution < -0.4 is 5.73 Å². The van der Waals surface area contributed by atoms with E-state index in [1.165, 1.54) is 17.7 Å². The van der Waals surface area contributed by atoms with Gasteiger partial charge in [0.15, 0.2) is 11.7 Å². The van der Waals surface area contributed by atoms with Crippen LogP contribution in [-0.2, 0) is 4.79 Å². The predicted octanol–water partition coefficient (Wildman–Crippen LogP) is -0.150. The summed E-state index contributed by atoms with van der Waals surface area (Å²) in [6.45, 7) is 1.94. The summed E-state index contributed by atoms with van der Waals surface area (Å²) >= 11 is 4.64. The predicted molar refractivity (Wildman–Crippen MR) is 67.9 cm³/mol. The number of hydrazone groups is 1. The Balaban J connectivity index is 0.000000771. The fourth-order valence-corrected chi connectivity index (χ4v) is 1.59. The Labute approximate surface area is 111 Å². The van der Waals surface area contributed by atoms with Crippen molar-refractivity contribution in [3.8, 4) is 0 Å². The van der Waals surface area contributed by atoms with E-state index in [1.54, 1.807) is 11.7 Å². The molecule has 100 valence electrons. The first-order chi connectivity index (χ1) is 8.59. The van der Waals surface area contributed by atoms with E-state index in [0.29, 0.717) is 12.8 Å². The van der Waals surface area contributed by atoms with Gasteiger partial charge in [0.2, 0.25) is 5.91 Å². The third-order valence-electron chi connectivity index (χ3n) is 2.45. The van der Waals surface area contributed by atoms with Crippen molar-refractivity contribution < 1.29 is 10.5 Å². The van der Waals surface area contributed by atoms with Crippen molar-refractivity contribution in [2.24, 2.45) is 5.10 Å². The molecule has 0 saturated carbocycles. The molecule has 3 N–H and O–H groups in total. The van der Waals surface area contributed by atoms with Crippen LogP contribution in [0, 0.1) is 0 Å². The Morgan fingerprint density at radius 2 is 2.11 bits per heavy atom. The average Bonchev–Trinajstić information content (AvgIpc) is 2.84. The number of alkyl halides is 1. The normalized spacial score (nSPS) is 16.8. The molecule has 0 bridgehead atoms. The number of carbonyl (C=O) groups is 1. The van der Waals surface area contributed by atoms with E-state index >= 15 is 0 Å². The summed E-state index contributed by atoms with van der Waals surface area (Å²) < 4.78 is 1.67. The summed E-state index contributed by atoms with van der Waals surface area (Å²) in [7, 11) is 1.64. The highest BCUT2D eigenvalue weighted by Gasteiger charge is 2.22. The van der Waals surface area contributed by atoms with Crippen LogP contribution in [0.5, 0.6) is 0 Å². The second kappa shape index (κ2) is 6.46. The number of hydrogen-bond acceptors (Lipinski definition) is 4. The number of hydrogen-bond donors (Lipinski definition) is 1. The van der Waals surface area contributed by atoms with Gasteiger partial charge in [0.05, 0.1) is 0 Å². The number of halogens is 1. The number of carbonyl (C=O) groups excluding carboxylic acids is 1. The van der Waals surface area contributed by atoms with Gasteiger partial charge >= 0.3 is 0 Å². The molecule has 1 aliphatic heterocycles. The van der Waals surface area contributed by atoms with Crippen molar-refractivity contribution >= 4 is 23.3 Å². The third-order valence-corrected chi connectivity index (χ3v) is 2.45.